The molecule has 0 aliphatic carbocycles. The molecule has 0 aromatic heterocycles. The lowest BCUT2D eigenvalue weighted by Crippen LogP contribution is -3.16. The normalized spacial score (nSPS) is 23.8. The predicted octanol–water partition coefficient (Wildman–Crippen LogP) is 1.75. The molecule has 2 aromatic rings. The van der Waals surface area contributed by atoms with Gasteiger partial charge < -0.3 is 9.64 Å². The Kier molecular flexibility index (Phi) is 4.77. The maximum atomic E-state index is 5.66. The van der Waals surface area contributed by atoms with Gasteiger partial charge in [0.25, 0.3) is 0 Å². The van der Waals surface area contributed by atoms with Gasteiger partial charge in [0, 0.05) is 6.04 Å². The van der Waals surface area contributed by atoms with E-state index in [4.69, 9.17) is 4.74 Å². The zero-order chi connectivity index (χ0) is 15.5. The quantitative estimate of drug-likeness (QED) is 0.926. The second-order valence-electron chi connectivity index (χ2n) is 6.55. The van der Waals surface area contributed by atoms with Gasteiger partial charge in [0.05, 0.1) is 20.2 Å². The van der Waals surface area contributed by atoms with Crippen LogP contribution < -0.4 is 4.90 Å². The van der Waals surface area contributed by atoms with Gasteiger partial charge in [0.2, 0.25) is 0 Å². The van der Waals surface area contributed by atoms with E-state index < -0.39 is 0 Å². The van der Waals surface area contributed by atoms with Gasteiger partial charge in [0.1, 0.15) is 19.2 Å². The summed E-state index contributed by atoms with van der Waals surface area (Å²) in [5, 5.41) is 2.69. The second-order valence-corrected chi connectivity index (χ2v) is 6.55. The highest BCUT2D eigenvalue weighted by molar-refractivity contribution is 5.86. The molecule has 1 fully saturated rings. The minimum atomic E-state index is 0.404. The molecule has 1 aliphatic heterocycles. The Labute approximate surface area is 133 Å². The Bertz CT molecular complexity index is 622. The van der Waals surface area contributed by atoms with Crippen LogP contribution in [0.2, 0.25) is 0 Å². The number of nitrogens with zero attached hydrogens (tertiary/aromatic N) is 1. The van der Waals surface area contributed by atoms with Crippen molar-refractivity contribution in [3.8, 4) is 0 Å². The molecule has 0 amide bonds. The number of benzene rings is 2. The molecule has 0 radical (unpaired) electrons. The molecule has 3 rings (SSSR count). The van der Waals surface area contributed by atoms with Crippen molar-refractivity contribution < 1.29 is 9.64 Å². The lowest BCUT2D eigenvalue weighted by molar-refractivity contribution is -0.914. The lowest BCUT2D eigenvalue weighted by atomic mass is 9.98. The number of hydrogen-bond donors (Lipinski definition) is 1. The molecule has 0 bridgehead atoms. The highest BCUT2D eigenvalue weighted by Crippen LogP contribution is 2.27. The van der Waals surface area contributed by atoms with Crippen LogP contribution in [0.25, 0.3) is 10.8 Å². The topological polar surface area (TPSA) is 16.9 Å². The van der Waals surface area contributed by atoms with Crippen molar-refractivity contribution in [3.05, 3.63) is 48.0 Å². The summed E-state index contributed by atoms with van der Waals surface area (Å²) in [6.45, 7) is 6.25. The molecule has 3 nitrogen and oxygen atoms in total. The van der Waals surface area contributed by atoms with E-state index in [-0.39, 0.29) is 0 Å². The minimum absolute atomic E-state index is 0.404. The van der Waals surface area contributed by atoms with E-state index in [1.54, 1.807) is 4.90 Å². The summed E-state index contributed by atoms with van der Waals surface area (Å²) in [5.74, 6) is 0. The number of quaternary nitrogens is 1. The molecular weight excluding hydrogens is 272 g/mol. The maximum absolute atomic E-state index is 5.66. The summed E-state index contributed by atoms with van der Waals surface area (Å²) in [4.78, 5) is 4.05. The van der Waals surface area contributed by atoms with Crippen LogP contribution in [0.15, 0.2) is 42.5 Å². The van der Waals surface area contributed by atoms with E-state index in [9.17, 15) is 0 Å². The van der Waals surface area contributed by atoms with Crippen molar-refractivity contribution in [2.75, 3.05) is 40.4 Å². The standard InChI is InChI=1S/C19H26N2O/c1-15(21(3)13-17-14-22-12-11-20(17)2)18-10-6-8-16-7-4-5-9-19(16)18/h4-10,15,17H,11-14H2,1-3H3/p+1/t15-,17?/m1/s1. The second kappa shape index (κ2) is 6.78. The summed E-state index contributed by atoms with van der Waals surface area (Å²) < 4.78 is 5.66. The van der Waals surface area contributed by atoms with Crippen LogP contribution in [0.5, 0.6) is 0 Å². The molecule has 3 heteroatoms. The fourth-order valence-electron chi connectivity index (χ4n) is 3.37. The van der Waals surface area contributed by atoms with Crippen LogP contribution in [-0.4, -0.2) is 51.3 Å². The molecule has 1 saturated heterocycles. The van der Waals surface area contributed by atoms with E-state index in [0.717, 1.165) is 26.3 Å². The summed E-state index contributed by atoms with van der Waals surface area (Å²) in [5.41, 5.74) is 1.41. The van der Waals surface area contributed by atoms with E-state index in [1.165, 1.54) is 16.3 Å². The molecule has 118 valence electrons. The molecule has 0 spiro atoms. The Morgan fingerprint density at radius 3 is 2.82 bits per heavy atom. The van der Waals surface area contributed by atoms with Crippen molar-refractivity contribution in [1.82, 2.24) is 4.90 Å². The van der Waals surface area contributed by atoms with Crippen molar-refractivity contribution >= 4 is 10.8 Å². The third-order valence-electron chi connectivity index (χ3n) is 5.10. The SMILES string of the molecule is C[C@H](c1cccc2ccccc12)N(C)CC1COCC[NH+]1C. The Morgan fingerprint density at radius 1 is 1.23 bits per heavy atom. The van der Waals surface area contributed by atoms with E-state index >= 15 is 0 Å². The summed E-state index contributed by atoms with van der Waals surface area (Å²) in [7, 11) is 4.51. The van der Waals surface area contributed by atoms with Gasteiger partial charge in [-0.15, -0.1) is 0 Å². The van der Waals surface area contributed by atoms with Gasteiger partial charge in [-0.1, -0.05) is 42.5 Å². The Hall–Kier alpha value is -1.42. The average molecular weight is 299 g/mol. The van der Waals surface area contributed by atoms with Crippen LogP contribution in [-0.2, 0) is 4.74 Å². The van der Waals surface area contributed by atoms with Gasteiger partial charge in [-0.3, -0.25) is 4.90 Å². The third-order valence-corrected chi connectivity index (χ3v) is 5.10. The van der Waals surface area contributed by atoms with Crippen LogP contribution in [0.1, 0.15) is 18.5 Å². The largest absolute Gasteiger partial charge is 0.369 e. The predicted molar refractivity (Wildman–Crippen MR) is 91.4 cm³/mol. The first-order valence-electron chi connectivity index (χ1n) is 8.25. The van der Waals surface area contributed by atoms with E-state index in [2.05, 4.69) is 68.4 Å². The monoisotopic (exact) mass is 299 g/mol. The van der Waals surface area contributed by atoms with E-state index in [1.807, 2.05) is 0 Å². The number of fused-ring (bicyclic) bond motifs is 1. The lowest BCUT2D eigenvalue weighted by Gasteiger charge is -2.34. The van der Waals surface area contributed by atoms with Gasteiger partial charge in [-0.2, -0.15) is 0 Å². The highest BCUT2D eigenvalue weighted by Gasteiger charge is 2.26. The van der Waals surface area contributed by atoms with Crippen LogP contribution in [0.3, 0.4) is 0 Å². The zero-order valence-corrected chi connectivity index (χ0v) is 13.9. The van der Waals surface area contributed by atoms with Gasteiger partial charge in [-0.25, -0.2) is 0 Å². The van der Waals surface area contributed by atoms with Crippen molar-refractivity contribution in [3.63, 3.8) is 0 Å². The minimum Gasteiger partial charge on any atom is -0.369 e. The maximum Gasteiger partial charge on any atom is 0.124 e. The van der Waals surface area contributed by atoms with E-state index in [0.29, 0.717) is 12.1 Å². The Morgan fingerprint density at radius 2 is 2.00 bits per heavy atom. The average Bonchev–Trinajstić information content (AvgIpc) is 2.55. The molecule has 0 saturated carbocycles. The number of ether oxygens (including phenoxy) is 1. The smallest absolute Gasteiger partial charge is 0.124 e. The molecule has 1 aliphatic rings. The molecular formula is C19H27N2O+. The number of hydrogen-bond acceptors (Lipinski definition) is 2. The number of morpholine rings is 1. The van der Waals surface area contributed by atoms with Gasteiger partial charge in [-0.05, 0) is 30.3 Å². The molecule has 2 aromatic carbocycles. The first-order valence-corrected chi connectivity index (χ1v) is 8.25. The van der Waals surface area contributed by atoms with Gasteiger partial charge in [0.15, 0.2) is 0 Å². The molecule has 3 atom stereocenters. The van der Waals surface area contributed by atoms with Crippen molar-refractivity contribution in [1.29, 1.82) is 0 Å². The number of rotatable bonds is 4. The first-order chi connectivity index (χ1) is 10.7. The van der Waals surface area contributed by atoms with Crippen LogP contribution >= 0.6 is 0 Å². The zero-order valence-electron chi connectivity index (χ0n) is 13.9. The van der Waals surface area contributed by atoms with Crippen LogP contribution in [0, 0.1) is 0 Å². The van der Waals surface area contributed by atoms with Gasteiger partial charge >= 0.3 is 0 Å². The number of nitrogens with one attached hydrogen (secondary N) is 1. The van der Waals surface area contributed by atoms with Crippen LogP contribution in [0.4, 0.5) is 0 Å². The summed E-state index contributed by atoms with van der Waals surface area (Å²) in [6.07, 6.45) is 0. The fraction of sp³-hybridized carbons (Fsp3) is 0.474. The Balaban J connectivity index is 1.78. The molecule has 22 heavy (non-hydrogen) atoms. The summed E-state index contributed by atoms with van der Waals surface area (Å²) >= 11 is 0. The summed E-state index contributed by atoms with van der Waals surface area (Å²) in [6, 6.07) is 16.3. The van der Waals surface area contributed by atoms with Crippen molar-refractivity contribution in [2.24, 2.45) is 0 Å². The first kappa shape index (κ1) is 15.5. The molecule has 1 heterocycles. The number of likely N-dealkylation sites (N-methyl/N-ethyl adjacent to an activating group) is 2. The third kappa shape index (κ3) is 3.17. The molecule has 2 unspecified atom stereocenters. The fourth-order valence-corrected chi connectivity index (χ4v) is 3.37. The molecule has 1 N–H and O–H groups in total. The van der Waals surface area contributed by atoms with Crippen molar-refractivity contribution in [2.45, 2.75) is 19.0 Å². The highest BCUT2D eigenvalue weighted by atomic mass is 16.5.